The Kier molecular flexibility index (Phi) is 5.32. The van der Waals surface area contributed by atoms with Gasteiger partial charge in [-0.2, -0.15) is 4.99 Å². The van der Waals surface area contributed by atoms with Gasteiger partial charge in [0, 0.05) is 33.5 Å². The van der Waals surface area contributed by atoms with Crippen LogP contribution < -0.4 is 4.74 Å². The predicted octanol–water partition coefficient (Wildman–Crippen LogP) is 3.30. The highest BCUT2D eigenvalue weighted by molar-refractivity contribution is 8.14. The van der Waals surface area contributed by atoms with Gasteiger partial charge >= 0.3 is 0 Å². The largest absolute Gasteiger partial charge is 0.457 e. The van der Waals surface area contributed by atoms with Crippen LogP contribution in [0.4, 0.5) is 5.69 Å². The average molecular weight is 408 g/mol. The summed E-state index contributed by atoms with van der Waals surface area (Å²) in [5.74, 6) is 0.129. The first-order valence-corrected chi connectivity index (χ1v) is 10.6. The Balaban J connectivity index is 2.47. The second-order valence-corrected chi connectivity index (χ2v) is 9.45. The molecule has 0 spiro atoms. The van der Waals surface area contributed by atoms with Crippen molar-refractivity contribution >= 4 is 51.2 Å². The van der Waals surface area contributed by atoms with Gasteiger partial charge in [-0.05, 0) is 30.3 Å². The van der Waals surface area contributed by atoms with Crippen molar-refractivity contribution in [2.45, 2.75) is 9.79 Å². The molecule has 0 saturated heterocycles. The molecule has 126 valence electrons. The highest BCUT2D eigenvalue weighted by Crippen LogP contribution is 2.31. The van der Waals surface area contributed by atoms with Gasteiger partial charge in [0.15, 0.2) is 0 Å². The van der Waals surface area contributed by atoms with Crippen LogP contribution in [0.5, 0.6) is 11.5 Å². The number of ether oxygens (including phenoxy) is 1. The summed E-state index contributed by atoms with van der Waals surface area (Å²) in [5, 5.41) is 0. The smallest absolute Gasteiger partial charge is 0.261 e. The van der Waals surface area contributed by atoms with Crippen LogP contribution in [0.25, 0.3) is 0 Å². The summed E-state index contributed by atoms with van der Waals surface area (Å²) in [6, 6.07) is 8.68. The molecule has 2 aromatic carbocycles. The van der Waals surface area contributed by atoms with Crippen LogP contribution in [-0.2, 0) is 22.9 Å². The Bertz CT molecular complexity index is 976. The van der Waals surface area contributed by atoms with Crippen molar-refractivity contribution in [1.29, 1.82) is 0 Å². The van der Waals surface area contributed by atoms with E-state index >= 15 is 0 Å². The molecule has 24 heavy (non-hydrogen) atoms. The number of benzene rings is 2. The number of hydrogen-bond donors (Lipinski definition) is 0. The number of carbonyl (C=O) groups excluding carboxylic acids is 1. The van der Waals surface area contributed by atoms with Gasteiger partial charge in [-0.25, -0.2) is 21.6 Å². The van der Waals surface area contributed by atoms with Crippen LogP contribution in [0.15, 0.2) is 57.2 Å². The van der Waals surface area contributed by atoms with Crippen LogP contribution in [0.2, 0.25) is 0 Å². The fourth-order valence-electron chi connectivity index (χ4n) is 1.66. The van der Waals surface area contributed by atoms with Crippen molar-refractivity contribution in [3.8, 4) is 11.5 Å². The number of halogens is 2. The second kappa shape index (κ2) is 6.92. The van der Waals surface area contributed by atoms with Crippen LogP contribution in [-0.4, -0.2) is 22.9 Å². The van der Waals surface area contributed by atoms with E-state index < -0.39 is 27.9 Å². The zero-order valence-electron chi connectivity index (χ0n) is 11.5. The van der Waals surface area contributed by atoms with Crippen LogP contribution >= 0.6 is 21.4 Å². The van der Waals surface area contributed by atoms with Crippen molar-refractivity contribution < 1.29 is 26.4 Å². The summed E-state index contributed by atoms with van der Waals surface area (Å²) in [6.07, 6.45) is 1.37. The zero-order valence-corrected chi connectivity index (χ0v) is 14.7. The van der Waals surface area contributed by atoms with E-state index in [0.29, 0.717) is 5.69 Å². The molecule has 0 unspecified atom stereocenters. The van der Waals surface area contributed by atoms with E-state index in [4.69, 9.17) is 26.1 Å². The van der Waals surface area contributed by atoms with Gasteiger partial charge in [0.25, 0.3) is 18.1 Å². The number of rotatable bonds is 5. The van der Waals surface area contributed by atoms with Crippen molar-refractivity contribution in [2.75, 3.05) is 0 Å². The molecule has 2 aromatic rings. The van der Waals surface area contributed by atoms with E-state index in [2.05, 4.69) is 4.99 Å². The summed E-state index contributed by atoms with van der Waals surface area (Å²) in [6.45, 7) is 0. The van der Waals surface area contributed by atoms with Gasteiger partial charge in [0.05, 0.1) is 15.5 Å². The van der Waals surface area contributed by atoms with Gasteiger partial charge in [-0.15, -0.1) is 0 Å². The minimum atomic E-state index is -4.20. The topological polar surface area (TPSA) is 107 Å². The minimum absolute atomic E-state index is 0.109. The van der Waals surface area contributed by atoms with Gasteiger partial charge < -0.3 is 4.74 Å². The third-order valence-electron chi connectivity index (χ3n) is 2.66. The quantitative estimate of drug-likeness (QED) is 0.427. The summed E-state index contributed by atoms with van der Waals surface area (Å²) in [5.41, 5.74) is 0.332. The molecule has 0 aromatic heterocycles. The number of aliphatic imine (C=N–C) groups is 1. The molecule has 11 heteroatoms. The van der Waals surface area contributed by atoms with E-state index in [9.17, 15) is 21.6 Å². The molecule has 0 aliphatic carbocycles. The lowest BCUT2D eigenvalue weighted by atomic mass is 10.3. The van der Waals surface area contributed by atoms with E-state index in [1.807, 2.05) is 0 Å². The molecule has 0 aliphatic heterocycles. The van der Waals surface area contributed by atoms with E-state index in [0.717, 1.165) is 18.2 Å². The Morgan fingerprint density at radius 3 is 1.75 bits per heavy atom. The molecule has 0 radical (unpaired) electrons. The minimum Gasteiger partial charge on any atom is -0.457 e. The predicted molar refractivity (Wildman–Crippen MR) is 86.8 cm³/mol. The molecular weight excluding hydrogens is 401 g/mol. The fourth-order valence-corrected chi connectivity index (χ4v) is 3.32. The summed E-state index contributed by atoms with van der Waals surface area (Å²) >= 11 is 0. The molecule has 0 aliphatic rings. The van der Waals surface area contributed by atoms with Crippen molar-refractivity contribution in [2.24, 2.45) is 4.99 Å². The molecule has 0 fully saturated rings. The standard InChI is InChI=1S/C13H7Cl2NO6S2/c14-23(18,19)12-5-11(6-13(7-12)24(15,20)21)22-10-3-1-9(2-4-10)16-8-17/h1-7H. The van der Waals surface area contributed by atoms with Gasteiger partial charge in [-0.1, -0.05) is 0 Å². The highest BCUT2D eigenvalue weighted by atomic mass is 35.7. The average Bonchev–Trinajstić information content (AvgIpc) is 2.47. The Morgan fingerprint density at radius 2 is 1.33 bits per heavy atom. The van der Waals surface area contributed by atoms with Gasteiger partial charge in [0.2, 0.25) is 6.08 Å². The summed E-state index contributed by atoms with van der Waals surface area (Å²) in [7, 11) is 2.08. The van der Waals surface area contributed by atoms with E-state index in [1.165, 1.54) is 30.3 Å². The normalized spacial score (nSPS) is 11.6. The molecule has 0 saturated carbocycles. The molecule has 0 atom stereocenters. The number of nitrogens with zero attached hydrogens (tertiary/aromatic N) is 1. The SMILES string of the molecule is O=C=Nc1ccc(Oc2cc(S(=O)(=O)Cl)cc(S(=O)(=O)Cl)c2)cc1. The zero-order chi connectivity index (χ0) is 18.0. The Labute approximate surface area is 146 Å². The van der Waals surface area contributed by atoms with Gasteiger partial charge in [0.1, 0.15) is 11.5 Å². The number of hydrogen-bond acceptors (Lipinski definition) is 7. The molecule has 0 bridgehead atoms. The van der Waals surface area contributed by atoms with Crippen molar-refractivity contribution in [1.82, 2.24) is 0 Å². The Hall–Kier alpha value is -1.90. The highest BCUT2D eigenvalue weighted by Gasteiger charge is 2.19. The lowest BCUT2D eigenvalue weighted by Crippen LogP contribution is -1.98. The molecule has 0 heterocycles. The first-order chi connectivity index (χ1) is 11.1. The molecule has 0 N–H and O–H groups in total. The van der Waals surface area contributed by atoms with E-state index in [1.54, 1.807) is 0 Å². The van der Waals surface area contributed by atoms with Crippen LogP contribution in [0.3, 0.4) is 0 Å². The first-order valence-electron chi connectivity index (χ1n) is 6.00. The summed E-state index contributed by atoms with van der Waals surface area (Å²) < 4.78 is 51.2. The summed E-state index contributed by atoms with van der Waals surface area (Å²) in [4.78, 5) is 12.6. The second-order valence-electron chi connectivity index (χ2n) is 4.31. The Morgan fingerprint density at radius 1 is 0.833 bits per heavy atom. The molecule has 0 amide bonds. The molecular formula is C13H7Cl2NO6S2. The monoisotopic (exact) mass is 407 g/mol. The van der Waals surface area contributed by atoms with Crippen LogP contribution in [0.1, 0.15) is 0 Å². The third-order valence-corrected chi connectivity index (χ3v) is 5.33. The lowest BCUT2D eigenvalue weighted by molar-refractivity contribution is 0.479. The number of isocyanates is 1. The first kappa shape index (κ1) is 18.4. The van der Waals surface area contributed by atoms with E-state index in [-0.39, 0.29) is 11.5 Å². The van der Waals surface area contributed by atoms with Crippen molar-refractivity contribution in [3.05, 3.63) is 42.5 Å². The fraction of sp³-hybridized carbons (Fsp3) is 0. The maximum absolute atomic E-state index is 11.5. The maximum atomic E-state index is 11.5. The third kappa shape index (κ3) is 4.80. The molecule has 2 rings (SSSR count). The molecule has 7 nitrogen and oxygen atoms in total. The van der Waals surface area contributed by atoms with Crippen LogP contribution in [0, 0.1) is 0 Å². The maximum Gasteiger partial charge on any atom is 0.261 e. The van der Waals surface area contributed by atoms with Gasteiger partial charge in [-0.3, -0.25) is 0 Å². The lowest BCUT2D eigenvalue weighted by Gasteiger charge is -2.09. The van der Waals surface area contributed by atoms with Crippen molar-refractivity contribution in [3.63, 3.8) is 0 Å².